The molecule has 0 unspecified atom stereocenters. The first kappa shape index (κ1) is 13.1. The monoisotopic (exact) mass is 263 g/mol. The predicted octanol–water partition coefficient (Wildman–Crippen LogP) is 3.28. The maximum Gasteiger partial charge on any atom is 0.0833 e. The Morgan fingerprint density at radius 3 is 2.28 bits per heavy atom. The molecular weight excluding hydrogens is 246 g/mol. The van der Waals surface area contributed by atoms with Crippen LogP contribution in [-0.2, 0) is 6.42 Å². The van der Waals surface area contributed by atoms with Crippen LogP contribution in [-0.4, -0.2) is 20.9 Å². The smallest absolute Gasteiger partial charge is 0.0833 e. The quantitative estimate of drug-likeness (QED) is 0.796. The average Bonchev–Trinajstić information content (AvgIpc) is 2.61. The number of aromatic nitrogens is 3. The molecule has 0 amide bonds. The maximum atomic E-state index is 5.86. The average molecular weight is 264 g/mol. The van der Waals surface area contributed by atoms with E-state index in [4.69, 9.17) is 11.6 Å². The minimum absolute atomic E-state index is 0.582. The molecule has 0 aliphatic rings. The summed E-state index contributed by atoms with van der Waals surface area (Å²) >= 11 is 5.86. The van der Waals surface area contributed by atoms with Crippen molar-refractivity contribution in [3.8, 4) is 5.69 Å². The Kier molecular flexibility index (Phi) is 3.71. The molecule has 0 N–H and O–H groups in total. The largest absolute Gasteiger partial charge is 0.217 e. The van der Waals surface area contributed by atoms with Gasteiger partial charge >= 0.3 is 0 Å². The summed E-state index contributed by atoms with van der Waals surface area (Å²) in [5.74, 6) is 0.582. The first-order valence-electron chi connectivity index (χ1n) is 6.10. The molecule has 0 bridgehead atoms. The highest BCUT2D eigenvalue weighted by molar-refractivity contribution is 6.17. The van der Waals surface area contributed by atoms with Crippen molar-refractivity contribution in [1.29, 1.82) is 0 Å². The summed E-state index contributed by atoms with van der Waals surface area (Å²) in [7, 11) is 0. The molecule has 0 saturated carbocycles. The minimum atomic E-state index is 0.582. The fraction of sp³-hybridized carbons (Fsp3) is 0.429. The second-order valence-electron chi connectivity index (χ2n) is 4.72. The molecule has 0 atom stereocenters. The number of aryl methyl sites for hydroxylation is 4. The van der Waals surface area contributed by atoms with Crippen LogP contribution in [0.4, 0.5) is 0 Å². The summed E-state index contributed by atoms with van der Waals surface area (Å²) in [5.41, 5.74) is 6.88. The molecule has 2 rings (SSSR count). The van der Waals surface area contributed by atoms with Gasteiger partial charge < -0.3 is 0 Å². The van der Waals surface area contributed by atoms with Crippen LogP contribution < -0.4 is 0 Å². The Bertz CT molecular complexity index is 549. The van der Waals surface area contributed by atoms with Gasteiger partial charge in [-0.25, -0.2) is 4.68 Å². The zero-order valence-corrected chi connectivity index (χ0v) is 12.0. The summed E-state index contributed by atoms with van der Waals surface area (Å²) < 4.78 is 1.93. The van der Waals surface area contributed by atoms with Crippen LogP contribution in [0.5, 0.6) is 0 Å². The lowest BCUT2D eigenvalue weighted by Crippen LogP contribution is -2.08. The summed E-state index contributed by atoms with van der Waals surface area (Å²) in [5, 5.41) is 8.43. The zero-order chi connectivity index (χ0) is 13.3. The molecule has 18 heavy (non-hydrogen) atoms. The van der Waals surface area contributed by atoms with E-state index in [-0.39, 0.29) is 0 Å². The van der Waals surface area contributed by atoms with Crippen molar-refractivity contribution in [3.63, 3.8) is 0 Å². The topological polar surface area (TPSA) is 30.7 Å². The lowest BCUT2D eigenvalue weighted by molar-refractivity contribution is 0.759. The first-order valence-corrected chi connectivity index (χ1v) is 6.63. The van der Waals surface area contributed by atoms with Crippen LogP contribution in [0.1, 0.15) is 28.1 Å². The van der Waals surface area contributed by atoms with Gasteiger partial charge in [-0.1, -0.05) is 22.9 Å². The Morgan fingerprint density at radius 1 is 1.11 bits per heavy atom. The van der Waals surface area contributed by atoms with Crippen LogP contribution in [0.3, 0.4) is 0 Å². The van der Waals surface area contributed by atoms with Gasteiger partial charge in [-0.3, -0.25) is 0 Å². The van der Waals surface area contributed by atoms with Gasteiger partial charge in [0, 0.05) is 12.3 Å². The van der Waals surface area contributed by atoms with Crippen LogP contribution in [0, 0.1) is 27.7 Å². The van der Waals surface area contributed by atoms with Crippen molar-refractivity contribution in [3.05, 3.63) is 40.2 Å². The lowest BCUT2D eigenvalue weighted by Gasteiger charge is -2.13. The molecule has 0 spiro atoms. The molecule has 4 heteroatoms. The Hall–Kier alpha value is -1.35. The third-order valence-corrected chi connectivity index (χ3v) is 3.32. The Morgan fingerprint density at radius 2 is 1.72 bits per heavy atom. The number of alkyl halides is 1. The van der Waals surface area contributed by atoms with Gasteiger partial charge in [0.25, 0.3) is 0 Å². The standard InChI is InChI=1S/C14H18ClN3/c1-9-7-10(2)14(11(3)8-9)18-13(5-6-15)12(4)16-17-18/h7-8H,5-6H2,1-4H3. The van der Waals surface area contributed by atoms with Crippen molar-refractivity contribution < 1.29 is 0 Å². The van der Waals surface area contributed by atoms with E-state index in [2.05, 4.69) is 43.2 Å². The highest BCUT2D eigenvalue weighted by atomic mass is 35.5. The SMILES string of the molecule is Cc1cc(C)c(-n2nnc(C)c2CCCl)c(C)c1. The Balaban J connectivity index is 2.62. The molecule has 0 fully saturated rings. The van der Waals surface area contributed by atoms with E-state index < -0.39 is 0 Å². The van der Waals surface area contributed by atoms with E-state index in [1.165, 1.54) is 16.7 Å². The molecular formula is C14H18ClN3. The minimum Gasteiger partial charge on any atom is -0.217 e. The van der Waals surface area contributed by atoms with E-state index in [9.17, 15) is 0 Å². The normalized spacial score (nSPS) is 10.9. The molecule has 96 valence electrons. The van der Waals surface area contributed by atoms with Crippen LogP contribution in [0.25, 0.3) is 5.69 Å². The maximum absolute atomic E-state index is 5.86. The summed E-state index contributed by atoms with van der Waals surface area (Å²) in [6.45, 7) is 8.30. The van der Waals surface area contributed by atoms with E-state index in [0.717, 1.165) is 23.5 Å². The van der Waals surface area contributed by atoms with Gasteiger partial charge in [-0.15, -0.1) is 16.7 Å². The van der Waals surface area contributed by atoms with Crippen LogP contribution in [0.2, 0.25) is 0 Å². The molecule has 0 radical (unpaired) electrons. The van der Waals surface area contributed by atoms with Crippen LogP contribution in [0.15, 0.2) is 12.1 Å². The van der Waals surface area contributed by atoms with E-state index in [1.807, 2.05) is 11.6 Å². The number of hydrogen-bond acceptors (Lipinski definition) is 2. The van der Waals surface area contributed by atoms with E-state index in [0.29, 0.717) is 5.88 Å². The second-order valence-corrected chi connectivity index (χ2v) is 5.10. The zero-order valence-electron chi connectivity index (χ0n) is 11.3. The second kappa shape index (κ2) is 5.11. The molecule has 0 saturated heterocycles. The van der Waals surface area contributed by atoms with E-state index in [1.54, 1.807) is 0 Å². The summed E-state index contributed by atoms with van der Waals surface area (Å²) in [6, 6.07) is 4.34. The molecule has 2 aromatic rings. The van der Waals surface area contributed by atoms with Crippen molar-refractivity contribution in [2.24, 2.45) is 0 Å². The molecule has 0 aliphatic carbocycles. The van der Waals surface area contributed by atoms with Crippen molar-refractivity contribution in [2.75, 3.05) is 5.88 Å². The van der Waals surface area contributed by atoms with Gasteiger partial charge in [0.1, 0.15) is 0 Å². The van der Waals surface area contributed by atoms with Crippen LogP contribution >= 0.6 is 11.6 Å². The molecule has 0 aliphatic heterocycles. The number of hydrogen-bond donors (Lipinski definition) is 0. The van der Waals surface area contributed by atoms with Gasteiger partial charge in [-0.05, 0) is 38.8 Å². The highest BCUT2D eigenvalue weighted by Gasteiger charge is 2.14. The van der Waals surface area contributed by atoms with Gasteiger partial charge in [0.15, 0.2) is 0 Å². The van der Waals surface area contributed by atoms with E-state index >= 15 is 0 Å². The predicted molar refractivity (Wildman–Crippen MR) is 74.7 cm³/mol. The fourth-order valence-corrected chi connectivity index (χ4v) is 2.62. The van der Waals surface area contributed by atoms with Crippen molar-refractivity contribution >= 4 is 11.6 Å². The number of halogens is 1. The molecule has 1 aromatic heterocycles. The molecule has 3 nitrogen and oxygen atoms in total. The van der Waals surface area contributed by atoms with Gasteiger partial charge in [0.05, 0.1) is 17.1 Å². The fourth-order valence-electron chi connectivity index (χ4n) is 2.44. The number of rotatable bonds is 3. The van der Waals surface area contributed by atoms with Gasteiger partial charge in [-0.2, -0.15) is 0 Å². The lowest BCUT2D eigenvalue weighted by atomic mass is 10.0. The van der Waals surface area contributed by atoms with Crippen molar-refractivity contribution in [1.82, 2.24) is 15.0 Å². The number of benzene rings is 1. The first-order chi connectivity index (χ1) is 8.54. The third kappa shape index (κ3) is 2.27. The molecule has 1 aromatic carbocycles. The summed E-state index contributed by atoms with van der Waals surface area (Å²) in [4.78, 5) is 0. The third-order valence-electron chi connectivity index (χ3n) is 3.14. The molecule has 1 heterocycles. The van der Waals surface area contributed by atoms with Crippen molar-refractivity contribution in [2.45, 2.75) is 34.1 Å². The summed E-state index contributed by atoms with van der Waals surface area (Å²) in [6.07, 6.45) is 0.785. The van der Waals surface area contributed by atoms with Gasteiger partial charge in [0.2, 0.25) is 0 Å². The highest BCUT2D eigenvalue weighted by Crippen LogP contribution is 2.22. The number of nitrogens with zero attached hydrogens (tertiary/aromatic N) is 3. The Labute approximate surface area is 113 Å².